The molecule has 2 fully saturated rings. The van der Waals surface area contributed by atoms with Gasteiger partial charge in [-0.1, -0.05) is 34.6 Å². The molecule has 1 heteroatoms. The van der Waals surface area contributed by atoms with Crippen LogP contribution in [-0.4, -0.2) is 12.6 Å². The zero-order chi connectivity index (χ0) is 11.2. The maximum absolute atomic E-state index is 3.63. The van der Waals surface area contributed by atoms with Gasteiger partial charge in [0.05, 0.1) is 0 Å². The third-order valence-corrected chi connectivity index (χ3v) is 4.92. The van der Waals surface area contributed by atoms with Gasteiger partial charge >= 0.3 is 0 Å². The molecular formula is C14H27N. The molecule has 1 spiro atoms. The van der Waals surface area contributed by atoms with Crippen molar-refractivity contribution in [2.45, 2.75) is 53.5 Å². The van der Waals surface area contributed by atoms with Gasteiger partial charge in [-0.15, -0.1) is 0 Å². The summed E-state index contributed by atoms with van der Waals surface area (Å²) in [5.74, 6) is 3.81. The van der Waals surface area contributed by atoms with Crippen molar-refractivity contribution in [1.82, 2.24) is 5.32 Å². The Morgan fingerprint density at radius 2 is 1.73 bits per heavy atom. The number of hydrogen-bond donors (Lipinski definition) is 1. The van der Waals surface area contributed by atoms with Crippen LogP contribution in [0.25, 0.3) is 0 Å². The van der Waals surface area contributed by atoms with Crippen LogP contribution in [0.3, 0.4) is 0 Å². The van der Waals surface area contributed by atoms with Gasteiger partial charge in [0.1, 0.15) is 0 Å². The molecule has 0 heterocycles. The molecule has 15 heavy (non-hydrogen) atoms. The van der Waals surface area contributed by atoms with Gasteiger partial charge in [0.25, 0.3) is 0 Å². The molecule has 2 saturated carbocycles. The minimum absolute atomic E-state index is 0.649. The predicted molar refractivity (Wildman–Crippen MR) is 65.8 cm³/mol. The smallest absolute Gasteiger partial charge is 0.00104 e. The molecule has 3 atom stereocenters. The molecule has 0 saturated heterocycles. The van der Waals surface area contributed by atoms with Crippen LogP contribution in [0.4, 0.5) is 0 Å². The van der Waals surface area contributed by atoms with E-state index in [-0.39, 0.29) is 0 Å². The fraction of sp³-hybridized carbons (Fsp3) is 1.00. The van der Waals surface area contributed by atoms with E-state index in [1.165, 1.54) is 19.4 Å². The van der Waals surface area contributed by atoms with Gasteiger partial charge < -0.3 is 5.32 Å². The summed E-state index contributed by atoms with van der Waals surface area (Å²) in [6.07, 6.45) is 3.03. The lowest BCUT2D eigenvalue weighted by Gasteiger charge is -2.16. The molecule has 1 nitrogen and oxygen atoms in total. The molecule has 2 aliphatic carbocycles. The van der Waals surface area contributed by atoms with Crippen LogP contribution in [0.15, 0.2) is 0 Å². The summed E-state index contributed by atoms with van der Waals surface area (Å²) < 4.78 is 0. The summed E-state index contributed by atoms with van der Waals surface area (Å²) in [7, 11) is 0. The Labute approximate surface area is 95.0 Å². The minimum Gasteiger partial charge on any atom is -0.314 e. The third-order valence-electron chi connectivity index (χ3n) is 4.92. The highest BCUT2D eigenvalue weighted by molar-refractivity contribution is 5.21. The maximum Gasteiger partial charge on any atom is 0.00104 e. The summed E-state index contributed by atoms with van der Waals surface area (Å²) in [5.41, 5.74) is 0.811. The predicted octanol–water partition coefficient (Wildman–Crippen LogP) is 3.30. The Morgan fingerprint density at radius 3 is 2.13 bits per heavy atom. The summed E-state index contributed by atoms with van der Waals surface area (Å²) in [5, 5.41) is 3.63. The highest BCUT2D eigenvalue weighted by atomic mass is 14.9. The Kier molecular flexibility index (Phi) is 2.87. The van der Waals surface area contributed by atoms with E-state index in [1.54, 1.807) is 0 Å². The van der Waals surface area contributed by atoms with Crippen LogP contribution in [-0.2, 0) is 0 Å². The quantitative estimate of drug-likeness (QED) is 0.732. The van der Waals surface area contributed by atoms with E-state index >= 15 is 0 Å². The molecule has 1 N–H and O–H groups in total. The lowest BCUT2D eigenvalue weighted by atomic mass is 9.91. The fourth-order valence-corrected chi connectivity index (χ4v) is 3.46. The molecule has 0 amide bonds. The second kappa shape index (κ2) is 3.76. The monoisotopic (exact) mass is 209 g/mol. The van der Waals surface area contributed by atoms with Crippen molar-refractivity contribution in [3.63, 3.8) is 0 Å². The minimum atomic E-state index is 0.649. The van der Waals surface area contributed by atoms with Crippen LogP contribution >= 0.6 is 0 Å². The molecule has 0 aromatic heterocycles. The van der Waals surface area contributed by atoms with Crippen molar-refractivity contribution in [2.75, 3.05) is 6.54 Å². The average molecular weight is 209 g/mol. The Bertz CT molecular complexity index is 227. The highest BCUT2D eigenvalue weighted by Crippen LogP contribution is 2.77. The molecular weight excluding hydrogens is 182 g/mol. The van der Waals surface area contributed by atoms with Crippen LogP contribution in [0.2, 0.25) is 0 Å². The van der Waals surface area contributed by atoms with Crippen LogP contribution in [0.1, 0.15) is 47.5 Å². The van der Waals surface area contributed by atoms with Gasteiger partial charge in [0.2, 0.25) is 0 Å². The first kappa shape index (κ1) is 11.4. The van der Waals surface area contributed by atoms with Crippen molar-refractivity contribution in [1.29, 1.82) is 0 Å². The standard InChI is InChI=1S/C14H27N/c1-9(2)11(5)13-12(8-15-10(3)4)14(13)6-7-14/h9-13,15H,6-8H2,1-5H3/t11?,12-,13?/m0/s1. The number of nitrogens with one attached hydrogen (secondary N) is 1. The lowest BCUT2D eigenvalue weighted by Crippen LogP contribution is -2.26. The van der Waals surface area contributed by atoms with Gasteiger partial charge in [-0.2, -0.15) is 0 Å². The zero-order valence-electron chi connectivity index (χ0n) is 11.0. The molecule has 0 aliphatic heterocycles. The van der Waals surface area contributed by atoms with E-state index in [0.29, 0.717) is 6.04 Å². The first-order valence-electron chi connectivity index (χ1n) is 6.72. The molecule has 0 radical (unpaired) electrons. The van der Waals surface area contributed by atoms with Gasteiger partial charge in [0, 0.05) is 6.04 Å². The van der Waals surface area contributed by atoms with E-state index in [2.05, 4.69) is 39.9 Å². The van der Waals surface area contributed by atoms with Crippen molar-refractivity contribution in [3.05, 3.63) is 0 Å². The van der Waals surface area contributed by atoms with Crippen molar-refractivity contribution in [3.8, 4) is 0 Å². The van der Waals surface area contributed by atoms with E-state index < -0.39 is 0 Å². The van der Waals surface area contributed by atoms with Crippen LogP contribution < -0.4 is 5.32 Å². The molecule has 0 bridgehead atoms. The lowest BCUT2D eigenvalue weighted by molar-refractivity contribution is 0.339. The van der Waals surface area contributed by atoms with Crippen molar-refractivity contribution >= 4 is 0 Å². The first-order chi connectivity index (χ1) is 6.99. The summed E-state index contributed by atoms with van der Waals surface area (Å²) in [4.78, 5) is 0. The summed E-state index contributed by atoms with van der Waals surface area (Å²) >= 11 is 0. The largest absolute Gasteiger partial charge is 0.314 e. The normalized spacial score (nSPS) is 33.8. The number of rotatable bonds is 5. The maximum atomic E-state index is 3.63. The molecule has 88 valence electrons. The van der Waals surface area contributed by atoms with E-state index in [0.717, 1.165) is 29.1 Å². The van der Waals surface area contributed by atoms with Gasteiger partial charge in [-0.3, -0.25) is 0 Å². The second-order valence-corrected chi connectivity index (χ2v) is 6.53. The molecule has 0 aromatic carbocycles. The van der Waals surface area contributed by atoms with Gasteiger partial charge in [-0.05, 0) is 48.5 Å². The van der Waals surface area contributed by atoms with Crippen LogP contribution in [0.5, 0.6) is 0 Å². The van der Waals surface area contributed by atoms with Crippen LogP contribution in [0, 0.1) is 29.1 Å². The summed E-state index contributed by atoms with van der Waals surface area (Å²) in [6, 6.07) is 0.649. The van der Waals surface area contributed by atoms with E-state index in [9.17, 15) is 0 Å². The van der Waals surface area contributed by atoms with E-state index in [4.69, 9.17) is 0 Å². The fourth-order valence-electron chi connectivity index (χ4n) is 3.46. The SMILES string of the molecule is CC(C)NC[C@H]1C(C(C)C(C)C)C12CC2. The highest BCUT2D eigenvalue weighted by Gasteiger charge is 2.72. The molecule has 0 aromatic rings. The van der Waals surface area contributed by atoms with Gasteiger partial charge in [-0.25, -0.2) is 0 Å². The first-order valence-corrected chi connectivity index (χ1v) is 6.72. The average Bonchev–Trinajstić information content (AvgIpc) is 3.02. The second-order valence-electron chi connectivity index (χ2n) is 6.53. The molecule has 2 rings (SSSR count). The Balaban J connectivity index is 1.87. The number of hydrogen-bond acceptors (Lipinski definition) is 1. The van der Waals surface area contributed by atoms with Crippen molar-refractivity contribution < 1.29 is 0 Å². The topological polar surface area (TPSA) is 12.0 Å². The Hall–Kier alpha value is -0.0400. The zero-order valence-corrected chi connectivity index (χ0v) is 11.0. The Morgan fingerprint density at radius 1 is 1.13 bits per heavy atom. The van der Waals surface area contributed by atoms with E-state index in [1.807, 2.05) is 0 Å². The third kappa shape index (κ3) is 1.95. The molecule has 2 aliphatic rings. The summed E-state index contributed by atoms with van der Waals surface area (Å²) in [6.45, 7) is 13.0. The van der Waals surface area contributed by atoms with Crippen molar-refractivity contribution in [2.24, 2.45) is 29.1 Å². The molecule has 2 unspecified atom stereocenters. The van der Waals surface area contributed by atoms with Gasteiger partial charge in [0.15, 0.2) is 0 Å².